The Labute approximate surface area is 123 Å². The van der Waals surface area contributed by atoms with E-state index in [2.05, 4.69) is 20.9 Å². The Morgan fingerprint density at radius 2 is 1.85 bits per heavy atom. The van der Waals surface area contributed by atoms with Gasteiger partial charge in [0, 0.05) is 10.2 Å². The standard InChI is InChI=1S/C13H13BrN4O2/c1-8(2)17-12(19)15-11-7-16(13(20)18(11)17)10-5-3-9(14)4-6-10/h3-6,8H,7H2,1-2H3. The molecular formula is C13H13BrN4O2. The highest BCUT2D eigenvalue weighted by Gasteiger charge is 2.33. The van der Waals surface area contributed by atoms with Crippen LogP contribution in [0.5, 0.6) is 0 Å². The molecule has 0 saturated heterocycles. The summed E-state index contributed by atoms with van der Waals surface area (Å²) in [5.74, 6) is 0.483. The van der Waals surface area contributed by atoms with E-state index in [1.54, 1.807) is 4.90 Å². The summed E-state index contributed by atoms with van der Waals surface area (Å²) in [5, 5.41) is 0. The smallest absolute Gasteiger partial charge is 0.285 e. The molecule has 0 fully saturated rings. The second kappa shape index (κ2) is 4.59. The normalized spacial score (nSPS) is 14.2. The van der Waals surface area contributed by atoms with Gasteiger partial charge in [0.2, 0.25) is 0 Å². The van der Waals surface area contributed by atoms with Crippen LogP contribution in [0.1, 0.15) is 25.7 Å². The van der Waals surface area contributed by atoms with Crippen LogP contribution in [-0.2, 0) is 6.54 Å². The number of carbonyl (C=O) groups excluding carboxylic acids is 1. The van der Waals surface area contributed by atoms with Gasteiger partial charge in [0.15, 0.2) is 5.82 Å². The highest BCUT2D eigenvalue weighted by molar-refractivity contribution is 9.10. The second-order valence-corrected chi connectivity index (χ2v) is 5.82. The third-order valence-electron chi connectivity index (χ3n) is 3.22. The fourth-order valence-corrected chi connectivity index (χ4v) is 2.59. The van der Waals surface area contributed by atoms with Gasteiger partial charge in [-0.15, -0.1) is 0 Å². The number of fused-ring (bicyclic) bond motifs is 1. The minimum absolute atomic E-state index is 0.113. The van der Waals surface area contributed by atoms with Crippen LogP contribution < -0.4 is 10.6 Å². The van der Waals surface area contributed by atoms with Crippen molar-refractivity contribution in [3.05, 3.63) is 45.0 Å². The summed E-state index contributed by atoms with van der Waals surface area (Å²) in [6, 6.07) is 7.10. The third kappa shape index (κ3) is 1.89. The lowest BCUT2D eigenvalue weighted by Crippen LogP contribution is -2.34. The van der Waals surface area contributed by atoms with Crippen molar-refractivity contribution in [3.63, 3.8) is 0 Å². The van der Waals surface area contributed by atoms with Crippen molar-refractivity contribution in [2.75, 3.05) is 4.90 Å². The summed E-state index contributed by atoms with van der Waals surface area (Å²) in [5.41, 5.74) is 0.408. The van der Waals surface area contributed by atoms with Crippen molar-refractivity contribution >= 4 is 27.6 Å². The van der Waals surface area contributed by atoms with Crippen LogP contribution in [0, 0.1) is 0 Å². The van der Waals surface area contributed by atoms with Crippen LogP contribution >= 0.6 is 15.9 Å². The Balaban J connectivity index is 2.04. The molecule has 1 aliphatic rings. The molecule has 1 aliphatic heterocycles. The topological polar surface area (TPSA) is 60.1 Å². The van der Waals surface area contributed by atoms with E-state index in [1.165, 1.54) is 9.36 Å². The molecule has 2 heterocycles. The van der Waals surface area contributed by atoms with E-state index in [-0.39, 0.29) is 17.8 Å². The molecule has 1 aromatic heterocycles. The maximum absolute atomic E-state index is 12.5. The molecule has 104 valence electrons. The van der Waals surface area contributed by atoms with Crippen molar-refractivity contribution in [2.45, 2.75) is 26.4 Å². The van der Waals surface area contributed by atoms with Gasteiger partial charge in [-0.25, -0.2) is 14.3 Å². The van der Waals surface area contributed by atoms with E-state index in [1.807, 2.05) is 38.1 Å². The first kappa shape index (κ1) is 13.1. The molecule has 0 unspecified atom stereocenters. The summed E-state index contributed by atoms with van der Waals surface area (Å²) >= 11 is 3.36. The first-order chi connectivity index (χ1) is 9.49. The molecule has 2 aromatic rings. The van der Waals surface area contributed by atoms with Gasteiger partial charge in [-0.1, -0.05) is 15.9 Å². The lowest BCUT2D eigenvalue weighted by molar-refractivity contribution is 0.242. The molecule has 6 nitrogen and oxygen atoms in total. The number of amides is 1. The number of rotatable bonds is 2. The Morgan fingerprint density at radius 3 is 2.45 bits per heavy atom. The molecular weight excluding hydrogens is 324 g/mol. The van der Waals surface area contributed by atoms with Crippen LogP contribution in [0.25, 0.3) is 0 Å². The van der Waals surface area contributed by atoms with Crippen LogP contribution in [-0.4, -0.2) is 20.4 Å². The molecule has 0 atom stereocenters. The average molecular weight is 337 g/mol. The van der Waals surface area contributed by atoms with E-state index < -0.39 is 0 Å². The van der Waals surface area contributed by atoms with E-state index in [0.29, 0.717) is 12.4 Å². The quantitative estimate of drug-likeness (QED) is 0.845. The Hall–Kier alpha value is -1.89. The summed E-state index contributed by atoms with van der Waals surface area (Å²) < 4.78 is 3.70. The fraction of sp³-hybridized carbons (Fsp3) is 0.308. The van der Waals surface area contributed by atoms with Gasteiger partial charge in [-0.05, 0) is 38.1 Å². The van der Waals surface area contributed by atoms with Crippen molar-refractivity contribution < 1.29 is 4.79 Å². The van der Waals surface area contributed by atoms with Crippen LogP contribution in [0.2, 0.25) is 0 Å². The zero-order valence-corrected chi connectivity index (χ0v) is 12.7. The number of halogens is 1. The van der Waals surface area contributed by atoms with E-state index >= 15 is 0 Å². The van der Waals surface area contributed by atoms with Gasteiger partial charge < -0.3 is 0 Å². The van der Waals surface area contributed by atoms with Gasteiger partial charge in [0.1, 0.15) is 0 Å². The number of hydrogen-bond donors (Lipinski definition) is 0. The van der Waals surface area contributed by atoms with Crippen LogP contribution in [0.3, 0.4) is 0 Å². The average Bonchev–Trinajstić information content (AvgIpc) is 2.87. The SMILES string of the molecule is CC(C)n1c(=O)nc2n1C(=O)N(c1ccc(Br)cc1)C2. The van der Waals surface area contributed by atoms with Crippen molar-refractivity contribution in [3.8, 4) is 0 Å². The van der Waals surface area contributed by atoms with E-state index in [4.69, 9.17) is 0 Å². The molecule has 0 radical (unpaired) electrons. The van der Waals surface area contributed by atoms with Crippen molar-refractivity contribution in [1.82, 2.24) is 14.3 Å². The first-order valence-electron chi connectivity index (χ1n) is 6.27. The van der Waals surface area contributed by atoms with Gasteiger partial charge in [-0.3, -0.25) is 4.90 Å². The molecule has 0 N–H and O–H groups in total. The molecule has 7 heteroatoms. The zero-order valence-electron chi connectivity index (χ0n) is 11.1. The molecule has 1 amide bonds. The van der Waals surface area contributed by atoms with Crippen LogP contribution in [0.15, 0.2) is 33.5 Å². The highest BCUT2D eigenvalue weighted by Crippen LogP contribution is 2.25. The molecule has 3 rings (SSSR count). The summed E-state index contributed by atoms with van der Waals surface area (Å²) in [6.07, 6.45) is 0. The second-order valence-electron chi connectivity index (χ2n) is 4.91. The third-order valence-corrected chi connectivity index (χ3v) is 3.75. The van der Waals surface area contributed by atoms with Crippen molar-refractivity contribution in [1.29, 1.82) is 0 Å². The molecule has 0 saturated carbocycles. The Morgan fingerprint density at radius 1 is 1.20 bits per heavy atom. The maximum Gasteiger partial charge on any atom is 0.364 e. The number of carbonyl (C=O) groups is 1. The molecule has 0 bridgehead atoms. The van der Waals surface area contributed by atoms with Gasteiger partial charge >= 0.3 is 11.7 Å². The largest absolute Gasteiger partial charge is 0.364 e. The van der Waals surface area contributed by atoms with Gasteiger partial charge in [0.05, 0.1) is 12.6 Å². The van der Waals surface area contributed by atoms with Gasteiger partial charge in [0.25, 0.3) is 0 Å². The molecule has 0 spiro atoms. The summed E-state index contributed by atoms with van der Waals surface area (Å²) in [7, 11) is 0. The first-order valence-corrected chi connectivity index (χ1v) is 7.06. The number of hydrogen-bond acceptors (Lipinski definition) is 3. The fourth-order valence-electron chi connectivity index (χ4n) is 2.32. The monoisotopic (exact) mass is 336 g/mol. The highest BCUT2D eigenvalue weighted by atomic mass is 79.9. The zero-order chi connectivity index (χ0) is 14.4. The summed E-state index contributed by atoms with van der Waals surface area (Å²) in [6.45, 7) is 4.02. The molecule has 20 heavy (non-hydrogen) atoms. The Bertz CT molecular complexity index is 730. The minimum atomic E-state index is -0.376. The maximum atomic E-state index is 12.5. The van der Waals surface area contributed by atoms with Crippen LogP contribution in [0.4, 0.5) is 10.5 Å². The number of anilines is 1. The number of benzene rings is 1. The molecule has 0 aliphatic carbocycles. The van der Waals surface area contributed by atoms with Crippen molar-refractivity contribution in [2.24, 2.45) is 0 Å². The van der Waals surface area contributed by atoms with Gasteiger partial charge in [-0.2, -0.15) is 9.67 Å². The molecule has 1 aromatic carbocycles. The number of nitrogens with zero attached hydrogens (tertiary/aromatic N) is 4. The number of aromatic nitrogens is 3. The lowest BCUT2D eigenvalue weighted by atomic mass is 10.3. The predicted octanol–water partition coefficient (Wildman–Crippen LogP) is 2.38. The predicted molar refractivity (Wildman–Crippen MR) is 78.0 cm³/mol. The summed E-state index contributed by atoms with van der Waals surface area (Å²) in [4.78, 5) is 29.8. The van der Waals surface area contributed by atoms with E-state index in [0.717, 1.165) is 10.2 Å². The van der Waals surface area contributed by atoms with E-state index in [9.17, 15) is 9.59 Å². The Kier molecular flexibility index (Phi) is 3.01. The lowest BCUT2D eigenvalue weighted by Gasteiger charge is -2.16. The minimum Gasteiger partial charge on any atom is -0.285 e.